The van der Waals surface area contributed by atoms with E-state index in [0.717, 1.165) is 4.86 Å². The molecule has 176 valence electrons. The van der Waals surface area contributed by atoms with Crippen molar-refractivity contribution in [2.75, 3.05) is 0 Å². The summed E-state index contributed by atoms with van der Waals surface area (Å²) >= 11 is 0. The van der Waals surface area contributed by atoms with Crippen LogP contribution < -0.4 is 15.9 Å². The lowest BCUT2D eigenvalue weighted by Gasteiger charge is -2.33. The van der Waals surface area contributed by atoms with Crippen molar-refractivity contribution in [1.29, 1.82) is 0 Å². The van der Waals surface area contributed by atoms with Crippen molar-refractivity contribution < 1.29 is 57.1 Å². The maximum absolute atomic E-state index is 12.0. The summed E-state index contributed by atoms with van der Waals surface area (Å²) in [6.45, 7) is 0. The number of nitrogens with two attached hydrogens (primary N) is 1. The number of hydrogen-bond acceptors (Lipinski definition) is 12. The molecule has 8 atom stereocenters. The minimum absolute atomic E-state index is 0.202. The average Bonchev–Trinajstić information content (AvgIpc) is 3.07. The molecule has 1 saturated carbocycles. The van der Waals surface area contributed by atoms with E-state index in [4.69, 9.17) is 15.5 Å². The van der Waals surface area contributed by atoms with Gasteiger partial charge in [-0.05, 0) is 6.42 Å². The molecule has 2 aliphatic heterocycles. The van der Waals surface area contributed by atoms with Crippen molar-refractivity contribution >= 4 is 41.5 Å². The third-order valence-electron chi connectivity index (χ3n) is 4.46. The number of phosphoric ester groups is 1. The van der Waals surface area contributed by atoms with E-state index in [2.05, 4.69) is 24.1 Å². The second kappa shape index (κ2) is 8.26. The van der Waals surface area contributed by atoms with Gasteiger partial charge in [-0.1, -0.05) is 0 Å². The second-order valence-electron chi connectivity index (χ2n) is 6.72. The van der Waals surface area contributed by atoms with Crippen LogP contribution >= 0.6 is 23.3 Å². The summed E-state index contributed by atoms with van der Waals surface area (Å²) in [6.07, 6.45) is -5.16. The predicted molar refractivity (Wildman–Crippen MR) is 98.9 cm³/mol. The molecular weight excluding hydrogens is 489 g/mol. The number of carbonyl (C=O) groups excluding carboxylic acids is 1. The number of aliphatic hydroxyl groups is 2. The number of aliphatic hydroxyl groups excluding tert-OH is 2. The third-order valence-corrected chi connectivity index (χ3v) is 8.76. The zero-order valence-electron chi connectivity index (χ0n) is 15.1. The molecule has 21 heteroatoms. The van der Waals surface area contributed by atoms with Crippen LogP contribution in [0.2, 0.25) is 0 Å². The van der Waals surface area contributed by atoms with Gasteiger partial charge in [-0.2, -0.15) is 4.31 Å². The van der Waals surface area contributed by atoms with Crippen LogP contribution in [0.25, 0.3) is 0 Å². The Balaban J connectivity index is 1.71. The molecule has 1 amide bonds. The summed E-state index contributed by atoms with van der Waals surface area (Å²) < 4.78 is 42.9. The van der Waals surface area contributed by atoms with Crippen molar-refractivity contribution in [3.05, 3.63) is 0 Å². The van der Waals surface area contributed by atoms with Gasteiger partial charge in [-0.15, -0.1) is 4.86 Å². The molecule has 1 aliphatic carbocycles. The zero-order chi connectivity index (χ0) is 23.4. The van der Waals surface area contributed by atoms with Crippen molar-refractivity contribution in [2.24, 2.45) is 15.7 Å². The van der Waals surface area contributed by atoms with Crippen LogP contribution in [-0.4, -0.2) is 89.5 Å². The van der Waals surface area contributed by atoms with Gasteiger partial charge in [0.1, 0.15) is 18.3 Å². The van der Waals surface area contributed by atoms with Crippen molar-refractivity contribution in [2.45, 2.75) is 43.0 Å². The van der Waals surface area contributed by atoms with Crippen molar-refractivity contribution in [3.8, 4) is 0 Å². The lowest BCUT2D eigenvalue weighted by atomic mass is 10.1. The highest BCUT2D eigenvalue weighted by atomic mass is 31.3. The molecule has 0 spiro atoms. The molecule has 4 unspecified atom stereocenters. The van der Waals surface area contributed by atoms with Gasteiger partial charge in [0.15, 0.2) is 18.2 Å². The number of nitrogens with zero attached hydrogens (tertiary/aromatic N) is 3. The van der Waals surface area contributed by atoms with Gasteiger partial charge in [0, 0.05) is 0 Å². The molecule has 10 N–H and O–H groups in total. The molecular formula is C10H19N6O12P3. The highest BCUT2D eigenvalue weighted by Crippen LogP contribution is 2.62. The molecule has 3 rings (SSSR count). The number of aliphatic imine (C=N–C) groups is 2. The Morgan fingerprint density at radius 3 is 2.45 bits per heavy atom. The molecule has 0 aromatic carbocycles. The first-order valence-electron chi connectivity index (χ1n) is 8.30. The topological polar surface area (TPSA) is 286 Å². The predicted octanol–water partition coefficient (Wildman–Crippen LogP) is -3.75. The van der Waals surface area contributed by atoms with E-state index in [1.807, 2.05) is 0 Å². The lowest BCUT2D eigenvalue weighted by molar-refractivity contribution is -0.122. The van der Waals surface area contributed by atoms with Crippen LogP contribution in [0, 0.1) is 0 Å². The molecule has 0 aromatic heterocycles. The van der Waals surface area contributed by atoms with Crippen LogP contribution in [0.5, 0.6) is 0 Å². The van der Waals surface area contributed by atoms with Crippen molar-refractivity contribution in [1.82, 2.24) is 15.1 Å². The van der Waals surface area contributed by atoms with Crippen LogP contribution in [0.3, 0.4) is 0 Å². The number of carbonyl (C=O) groups is 1. The fraction of sp³-hybridized carbons (Fsp3) is 0.700. The highest BCUT2D eigenvalue weighted by Gasteiger charge is 2.52. The highest BCUT2D eigenvalue weighted by molar-refractivity contribution is 7.70. The Morgan fingerprint density at radius 2 is 1.84 bits per heavy atom. The maximum atomic E-state index is 12.0. The van der Waals surface area contributed by atoms with E-state index in [-0.39, 0.29) is 12.4 Å². The lowest BCUT2D eigenvalue weighted by Crippen LogP contribution is -2.56. The van der Waals surface area contributed by atoms with Gasteiger partial charge in [0.05, 0.1) is 12.4 Å². The molecule has 3 aliphatic rings. The molecule has 1 fully saturated rings. The molecule has 0 bridgehead atoms. The summed E-state index contributed by atoms with van der Waals surface area (Å²) in [5, 5.41) is 22.8. The maximum Gasteiger partial charge on any atom is 0.480 e. The van der Waals surface area contributed by atoms with E-state index < -0.39 is 65.8 Å². The normalized spacial score (nSPS) is 37.0. The van der Waals surface area contributed by atoms with Gasteiger partial charge in [0.2, 0.25) is 0 Å². The second-order valence-corrected chi connectivity index (χ2v) is 11.4. The zero-order valence-corrected chi connectivity index (χ0v) is 17.8. The average molecular weight is 508 g/mol. The Bertz CT molecular complexity index is 953. The third kappa shape index (κ3) is 5.57. The summed E-state index contributed by atoms with van der Waals surface area (Å²) in [5.74, 6) is -0.756. The standard InChI is InChI=1S/C10H19N6O12P3/c11-10-13-8-5(9(19)14-10)12-2-16(8)3-1-4(7(18)6(3)17)27-31(25,26)28-30(23,24)15-29(20,21)22/h2-8,17-18H,1H2,(H,25,26)(H3,11,13,14,19)(H4,15,20,21,22,23,24)/t3-,4+,5?,6+,7-,8?/m1/s1. The largest absolute Gasteiger partial charge is 0.480 e. The Hall–Kier alpha value is -1.26. The number of phosphoric acid groups is 1. The summed E-state index contributed by atoms with van der Waals surface area (Å²) in [4.78, 5) is 58.3. The minimum Gasteiger partial charge on any atom is -0.388 e. The van der Waals surface area contributed by atoms with Crippen LogP contribution in [0.1, 0.15) is 6.42 Å². The fourth-order valence-electron chi connectivity index (χ4n) is 3.34. The number of guanidine groups is 1. The monoisotopic (exact) mass is 508 g/mol. The van der Waals surface area contributed by atoms with Gasteiger partial charge in [-0.25, -0.2) is 18.7 Å². The first-order valence-corrected chi connectivity index (χ1v) is 13.0. The van der Waals surface area contributed by atoms with Crippen molar-refractivity contribution in [3.63, 3.8) is 0 Å². The summed E-state index contributed by atoms with van der Waals surface area (Å²) in [7, 11) is -16.3. The van der Waals surface area contributed by atoms with E-state index in [0.29, 0.717) is 0 Å². The quantitative estimate of drug-likeness (QED) is 0.149. The number of hydrogen-bond donors (Lipinski definition) is 9. The van der Waals surface area contributed by atoms with E-state index >= 15 is 0 Å². The first-order chi connectivity index (χ1) is 14.1. The fourth-order valence-corrected chi connectivity index (χ4v) is 6.95. The number of fused-ring (bicyclic) bond motifs is 1. The SMILES string of the molecule is NC1=NC2C(N=CN2[C@@H]2C[C@H](OP(=O)(O)OP(=O)(O)NP(=O)(O)O)[C@@H](O)[C@H]2O)C(=O)N1. The van der Waals surface area contributed by atoms with Gasteiger partial charge in [-0.3, -0.25) is 19.6 Å². The molecule has 0 saturated heterocycles. The van der Waals surface area contributed by atoms with Gasteiger partial charge < -0.3 is 40.4 Å². The number of nitrogens with one attached hydrogen (secondary N) is 2. The molecule has 0 radical (unpaired) electrons. The summed E-state index contributed by atoms with van der Waals surface area (Å²) in [6, 6.07) is -2.02. The smallest absolute Gasteiger partial charge is 0.388 e. The Morgan fingerprint density at radius 1 is 1.19 bits per heavy atom. The Labute approximate surface area is 173 Å². The molecule has 31 heavy (non-hydrogen) atoms. The minimum atomic E-state index is -5.50. The van der Waals surface area contributed by atoms with E-state index in [9.17, 15) is 38.5 Å². The van der Waals surface area contributed by atoms with Crippen LogP contribution in [0.15, 0.2) is 9.98 Å². The number of rotatable bonds is 7. The van der Waals surface area contributed by atoms with E-state index in [1.165, 1.54) is 11.2 Å². The van der Waals surface area contributed by atoms with Gasteiger partial charge in [0.25, 0.3) is 5.91 Å². The molecule has 0 aromatic rings. The summed E-state index contributed by atoms with van der Waals surface area (Å²) in [5.41, 5.74) is 5.52. The first kappa shape index (κ1) is 24.4. The van der Waals surface area contributed by atoms with Crippen LogP contribution in [0.4, 0.5) is 0 Å². The van der Waals surface area contributed by atoms with Gasteiger partial charge >= 0.3 is 23.3 Å². The molecule has 2 heterocycles. The Kier molecular flexibility index (Phi) is 6.50. The molecule has 18 nitrogen and oxygen atoms in total. The number of amides is 1. The van der Waals surface area contributed by atoms with E-state index in [1.54, 1.807) is 0 Å². The van der Waals surface area contributed by atoms with Crippen LogP contribution in [-0.2, 0) is 27.3 Å².